The Kier molecular flexibility index (Phi) is 5.79. The fraction of sp³-hybridized carbons (Fsp3) is 0.143. The number of hydrogen-bond donors (Lipinski definition) is 3. The summed E-state index contributed by atoms with van der Waals surface area (Å²) in [5, 5.41) is 13.7. The zero-order valence-corrected chi connectivity index (χ0v) is 16.0. The fourth-order valence-corrected chi connectivity index (χ4v) is 2.96. The third-order valence-corrected chi connectivity index (χ3v) is 4.49. The van der Waals surface area contributed by atoms with Crippen molar-refractivity contribution in [3.05, 3.63) is 89.8 Å². The van der Waals surface area contributed by atoms with E-state index in [1.54, 1.807) is 41.4 Å². The van der Waals surface area contributed by atoms with Crippen LogP contribution in [0.4, 0.5) is 4.39 Å². The minimum absolute atomic E-state index is 0.217. The van der Waals surface area contributed by atoms with Crippen molar-refractivity contribution in [1.29, 1.82) is 0 Å². The lowest BCUT2D eigenvalue weighted by molar-refractivity contribution is 0.0950. The Morgan fingerprint density at radius 2 is 2.07 bits per heavy atom. The highest BCUT2D eigenvalue weighted by Gasteiger charge is 2.10. The van der Waals surface area contributed by atoms with E-state index >= 15 is 0 Å². The molecule has 1 amide bonds. The van der Waals surface area contributed by atoms with Gasteiger partial charge in [-0.1, -0.05) is 12.1 Å². The van der Waals surface area contributed by atoms with Gasteiger partial charge in [-0.3, -0.25) is 14.9 Å². The molecule has 9 heteroatoms. The predicted octanol–water partition coefficient (Wildman–Crippen LogP) is 2.52. The van der Waals surface area contributed by atoms with Gasteiger partial charge in [0.1, 0.15) is 11.5 Å². The molecule has 3 aromatic heterocycles. The predicted molar refractivity (Wildman–Crippen MR) is 110 cm³/mol. The first-order valence-electron chi connectivity index (χ1n) is 9.44. The highest BCUT2D eigenvalue weighted by atomic mass is 19.1. The molecular weight excluding hydrogens is 385 g/mol. The van der Waals surface area contributed by atoms with Crippen molar-refractivity contribution in [3.8, 4) is 11.4 Å². The number of nitrogens with zero attached hydrogens (tertiary/aromatic N) is 4. The van der Waals surface area contributed by atoms with Gasteiger partial charge in [0.25, 0.3) is 5.91 Å². The van der Waals surface area contributed by atoms with Gasteiger partial charge in [-0.2, -0.15) is 15.0 Å². The number of halogens is 1. The average Bonchev–Trinajstić information content (AvgIpc) is 3.44. The summed E-state index contributed by atoms with van der Waals surface area (Å²) in [6.07, 6.45) is 5.48. The third kappa shape index (κ3) is 4.69. The molecule has 0 unspecified atom stereocenters. The molecule has 0 fully saturated rings. The van der Waals surface area contributed by atoms with Crippen molar-refractivity contribution in [2.75, 3.05) is 12.0 Å². The maximum atomic E-state index is 13.3. The molecule has 0 atom stereocenters. The van der Waals surface area contributed by atoms with E-state index < -0.39 is 0 Å². The normalized spacial score (nSPS) is 10.7. The minimum Gasteiger partial charge on any atom is -0.346 e. The maximum absolute atomic E-state index is 13.3. The van der Waals surface area contributed by atoms with Crippen LogP contribution in [-0.2, 0) is 13.0 Å². The molecule has 0 saturated carbocycles. The second-order valence-electron chi connectivity index (χ2n) is 6.61. The average molecular weight is 405 g/mol. The van der Waals surface area contributed by atoms with Gasteiger partial charge in [0.05, 0.1) is 29.7 Å². The first-order valence-corrected chi connectivity index (χ1v) is 9.44. The van der Waals surface area contributed by atoms with E-state index in [0.29, 0.717) is 30.8 Å². The highest BCUT2D eigenvalue weighted by Crippen LogP contribution is 2.16. The van der Waals surface area contributed by atoms with E-state index in [-0.39, 0.29) is 11.7 Å². The lowest BCUT2D eigenvalue weighted by Crippen LogP contribution is -2.23. The van der Waals surface area contributed by atoms with E-state index in [1.165, 1.54) is 18.3 Å². The number of rotatable bonds is 8. The first kappa shape index (κ1) is 19.3. The molecule has 4 aromatic rings. The highest BCUT2D eigenvalue weighted by molar-refractivity contribution is 5.94. The second kappa shape index (κ2) is 8.99. The molecule has 0 aliphatic heterocycles. The molecule has 0 spiro atoms. The number of H-pyrrole nitrogens is 1. The Hall–Kier alpha value is -4.01. The summed E-state index contributed by atoms with van der Waals surface area (Å²) in [5.74, 6) is -0.462. The maximum Gasteiger partial charge on any atom is 0.253 e. The van der Waals surface area contributed by atoms with Gasteiger partial charge in [-0.15, -0.1) is 0 Å². The Bertz CT molecular complexity index is 1110. The number of pyridine rings is 1. The van der Waals surface area contributed by atoms with E-state index in [2.05, 4.69) is 31.0 Å². The summed E-state index contributed by atoms with van der Waals surface area (Å²) in [7, 11) is 0. The van der Waals surface area contributed by atoms with Crippen LogP contribution in [-0.4, -0.2) is 37.5 Å². The van der Waals surface area contributed by atoms with Crippen LogP contribution in [0.15, 0.2) is 67.1 Å². The third-order valence-electron chi connectivity index (χ3n) is 4.49. The Morgan fingerprint density at radius 3 is 2.83 bits per heavy atom. The number of benzene rings is 1. The summed E-state index contributed by atoms with van der Waals surface area (Å²) < 4.78 is 13.3. The van der Waals surface area contributed by atoms with Gasteiger partial charge in [0, 0.05) is 18.9 Å². The zero-order chi connectivity index (χ0) is 20.8. The Balaban J connectivity index is 1.36. The van der Waals surface area contributed by atoms with Crippen LogP contribution in [0.5, 0.6) is 0 Å². The molecule has 30 heavy (non-hydrogen) atoms. The molecule has 8 nitrogen and oxygen atoms in total. The number of nitrogens with one attached hydrogen (secondary N) is 3. The second-order valence-corrected chi connectivity index (χ2v) is 6.61. The fourth-order valence-electron chi connectivity index (χ4n) is 2.96. The van der Waals surface area contributed by atoms with Crippen molar-refractivity contribution < 1.29 is 9.18 Å². The Morgan fingerprint density at radius 1 is 1.13 bits per heavy atom. The van der Waals surface area contributed by atoms with Gasteiger partial charge in [0.15, 0.2) is 0 Å². The molecule has 3 heterocycles. The summed E-state index contributed by atoms with van der Waals surface area (Å²) in [4.78, 5) is 18.3. The molecular formula is C21H20FN7O. The minimum atomic E-state index is -0.245. The van der Waals surface area contributed by atoms with Gasteiger partial charge in [-0.05, 0) is 48.4 Å². The number of hydrogen-bond acceptors (Lipinski definition) is 5. The first-order chi connectivity index (χ1) is 14.7. The monoisotopic (exact) mass is 405 g/mol. The number of aromatic amines is 1. The van der Waals surface area contributed by atoms with Crippen LogP contribution in [0.25, 0.3) is 11.4 Å². The van der Waals surface area contributed by atoms with Gasteiger partial charge < -0.3 is 10.7 Å². The quantitative estimate of drug-likeness (QED) is 0.418. The van der Waals surface area contributed by atoms with E-state index in [1.807, 2.05) is 12.1 Å². The summed E-state index contributed by atoms with van der Waals surface area (Å²) in [5.41, 5.74) is 6.81. The van der Waals surface area contributed by atoms with Crippen molar-refractivity contribution in [3.63, 3.8) is 0 Å². The van der Waals surface area contributed by atoms with Crippen molar-refractivity contribution in [2.45, 2.75) is 13.0 Å². The van der Waals surface area contributed by atoms with Crippen molar-refractivity contribution in [2.24, 2.45) is 0 Å². The summed E-state index contributed by atoms with van der Waals surface area (Å²) in [6.45, 7) is 0.939. The van der Waals surface area contributed by atoms with E-state index in [0.717, 1.165) is 17.0 Å². The van der Waals surface area contributed by atoms with Crippen LogP contribution < -0.4 is 10.7 Å². The molecule has 0 bridgehead atoms. The van der Waals surface area contributed by atoms with Gasteiger partial charge in [-0.25, -0.2) is 4.39 Å². The standard InChI is InChI=1S/C21H20FN7O/c22-17-3-1-2-15(12-17)6-10-26-29-20(8-11-27-29)19-5-4-16(13-23-19)21(30)24-14-18-7-9-25-28-18/h1-5,7-9,11-13,26H,6,10,14H2,(H,24,30)(H,25,28). The van der Waals surface area contributed by atoms with Crippen LogP contribution in [0.1, 0.15) is 21.6 Å². The molecule has 152 valence electrons. The van der Waals surface area contributed by atoms with Crippen molar-refractivity contribution in [1.82, 2.24) is 30.4 Å². The van der Waals surface area contributed by atoms with Crippen LogP contribution in [0, 0.1) is 5.82 Å². The van der Waals surface area contributed by atoms with Gasteiger partial charge >= 0.3 is 0 Å². The number of carbonyl (C=O) groups is 1. The van der Waals surface area contributed by atoms with Gasteiger partial charge in [0.2, 0.25) is 0 Å². The summed E-state index contributed by atoms with van der Waals surface area (Å²) in [6, 6.07) is 13.6. The molecule has 1 aromatic carbocycles. The Labute approximate surface area is 172 Å². The molecule has 3 N–H and O–H groups in total. The van der Waals surface area contributed by atoms with Crippen LogP contribution in [0.2, 0.25) is 0 Å². The zero-order valence-electron chi connectivity index (χ0n) is 16.0. The molecule has 0 saturated heterocycles. The number of aromatic nitrogens is 5. The topological polar surface area (TPSA) is 101 Å². The molecule has 4 rings (SSSR count). The number of amides is 1. The van der Waals surface area contributed by atoms with Crippen LogP contribution >= 0.6 is 0 Å². The number of carbonyl (C=O) groups excluding carboxylic acids is 1. The summed E-state index contributed by atoms with van der Waals surface area (Å²) >= 11 is 0. The van der Waals surface area contributed by atoms with Crippen LogP contribution in [0.3, 0.4) is 0 Å². The van der Waals surface area contributed by atoms with Crippen molar-refractivity contribution >= 4 is 5.91 Å². The lowest BCUT2D eigenvalue weighted by Gasteiger charge is -2.10. The van der Waals surface area contributed by atoms with E-state index in [9.17, 15) is 9.18 Å². The van der Waals surface area contributed by atoms with E-state index in [4.69, 9.17) is 0 Å². The smallest absolute Gasteiger partial charge is 0.253 e. The lowest BCUT2D eigenvalue weighted by atomic mass is 10.1. The molecule has 0 radical (unpaired) electrons. The molecule has 0 aliphatic carbocycles. The SMILES string of the molecule is O=C(NCc1ccn[nH]1)c1ccc(-c2ccnn2NCCc2cccc(F)c2)nc1. The molecule has 0 aliphatic rings. The largest absolute Gasteiger partial charge is 0.346 e.